The predicted molar refractivity (Wildman–Crippen MR) is 62.9 cm³/mol. The highest BCUT2D eigenvalue weighted by Gasteiger charge is 2.29. The lowest BCUT2D eigenvalue weighted by Crippen LogP contribution is -2.07. The van der Waals surface area contributed by atoms with E-state index in [4.69, 9.17) is 5.11 Å². The lowest BCUT2D eigenvalue weighted by molar-refractivity contribution is 0.0678. The molecule has 0 bridgehead atoms. The van der Waals surface area contributed by atoms with Crippen LogP contribution in [0.2, 0.25) is 0 Å². The molecule has 4 nitrogen and oxygen atoms in total. The number of aromatic carboxylic acids is 1. The van der Waals surface area contributed by atoms with Crippen LogP contribution in [0.5, 0.6) is 0 Å². The quantitative estimate of drug-likeness (QED) is 0.878. The third-order valence-corrected chi connectivity index (χ3v) is 2.93. The molecule has 1 aromatic carbocycles. The highest BCUT2D eigenvalue weighted by molar-refractivity contribution is 5.85. The van der Waals surface area contributed by atoms with Crippen LogP contribution in [0.15, 0.2) is 36.5 Å². The molecule has 4 heteroatoms. The Morgan fingerprint density at radius 2 is 2.00 bits per heavy atom. The minimum atomic E-state index is -0.959. The molecule has 0 spiro atoms. The number of nitrogens with zero attached hydrogens (tertiary/aromatic N) is 2. The Hall–Kier alpha value is -2.10. The van der Waals surface area contributed by atoms with E-state index in [1.54, 1.807) is 4.57 Å². The summed E-state index contributed by atoms with van der Waals surface area (Å²) in [5.41, 5.74) is 1.68. The maximum Gasteiger partial charge on any atom is 0.372 e. The normalized spacial score (nSPS) is 14.8. The molecule has 0 atom stereocenters. The summed E-state index contributed by atoms with van der Waals surface area (Å²) < 4.78 is 1.78. The fraction of sp³-hybridized carbons (Fsp3) is 0.231. The Morgan fingerprint density at radius 1 is 1.29 bits per heavy atom. The number of hydrogen-bond acceptors (Lipinski definition) is 2. The first kappa shape index (κ1) is 10.1. The fourth-order valence-corrected chi connectivity index (χ4v) is 1.93. The fourth-order valence-electron chi connectivity index (χ4n) is 1.93. The molecule has 0 saturated heterocycles. The van der Waals surface area contributed by atoms with Gasteiger partial charge in [0.05, 0.1) is 5.69 Å². The van der Waals surface area contributed by atoms with Crippen molar-refractivity contribution in [2.75, 3.05) is 0 Å². The van der Waals surface area contributed by atoms with Crippen molar-refractivity contribution in [3.05, 3.63) is 42.4 Å². The largest absolute Gasteiger partial charge is 0.475 e. The van der Waals surface area contributed by atoms with Crippen molar-refractivity contribution < 1.29 is 9.90 Å². The zero-order chi connectivity index (χ0) is 11.8. The second kappa shape index (κ2) is 3.73. The number of hydrogen-bond donors (Lipinski definition) is 1. The average molecular weight is 228 g/mol. The van der Waals surface area contributed by atoms with Gasteiger partial charge in [-0.25, -0.2) is 9.78 Å². The second-order valence-corrected chi connectivity index (χ2v) is 4.26. The first-order chi connectivity index (χ1) is 8.25. The van der Waals surface area contributed by atoms with E-state index in [9.17, 15) is 4.79 Å². The summed E-state index contributed by atoms with van der Waals surface area (Å²) >= 11 is 0. The summed E-state index contributed by atoms with van der Waals surface area (Å²) in [6.07, 6.45) is 3.94. The summed E-state index contributed by atoms with van der Waals surface area (Å²) in [5.74, 6) is -0.814. The van der Waals surface area contributed by atoms with Gasteiger partial charge < -0.3 is 9.67 Å². The Labute approximate surface area is 98.5 Å². The second-order valence-electron chi connectivity index (χ2n) is 4.26. The van der Waals surface area contributed by atoms with Crippen molar-refractivity contribution >= 4 is 5.97 Å². The van der Waals surface area contributed by atoms with Gasteiger partial charge in [-0.05, 0) is 12.8 Å². The predicted octanol–water partition coefficient (Wildman–Crippen LogP) is 2.58. The van der Waals surface area contributed by atoms with Gasteiger partial charge in [0, 0.05) is 17.8 Å². The van der Waals surface area contributed by atoms with E-state index < -0.39 is 5.97 Å². The van der Waals surface area contributed by atoms with E-state index >= 15 is 0 Å². The standard InChI is InChI=1S/C13H12N2O2/c16-13(17)12-14-11(8-15(12)10-6-7-10)9-4-2-1-3-5-9/h1-5,8,10H,6-7H2,(H,16,17). The van der Waals surface area contributed by atoms with Crippen LogP contribution in [0, 0.1) is 0 Å². The summed E-state index contributed by atoms with van der Waals surface area (Å²) in [5, 5.41) is 9.12. The Bertz CT molecular complexity index is 556. The van der Waals surface area contributed by atoms with E-state index in [-0.39, 0.29) is 5.82 Å². The van der Waals surface area contributed by atoms with Crippen LogP contribution >= 0.6 is 0 Å². The third-order valence-electron chi connectivity index (χ3n) is 2.93. The first-order valence-corrected chi connectivity index (χ1v) is 5.63. The molecule has 1 aromatic heterocycles. The van der Waals surface area contributed by atoms with E-state index in [0.29, 0.717) is 6.04 Å². The zero-order valence-electron chi connectivity index (χ0n) is 9.21. The monoisotopic (exact) mass is 228 g/mol. The highest BCUT2D eigenvalue weighted by Crippen LogP contribution is 2.37. The molecule has 1 aliphatic carbocycles. The first-order valence-electron chi connectivity index (χ1n) is 5.63. The van der Waals surface area contributed by atoms with Crippen molar-refractivity contribution in [2.24, 2.45) is 0 Å². The summed E-state index contributed by atoms with van der Waals surface area (Å²) in [7, 11) is 0. The van der Waals surface area contributed by atoms with Gasteiger partial charge >= 0.3 is 5.97 Å². The van der Waals surface area contributed by atoms with E-state index in [0.717, 1.165) is 24.1 Å². The molecule has 86 valence electrons. The van der Waals surface area contributed by atoms with Crippen molar-refractivity contribution in [1.29, 1.82) is 0 Å². The van der Waals surface area contributed by atoms with Gasteiger partial charge in [-0.3, -0.25) is 0 Å². The smallest absolute Gasteiger partial charge is 0.372 e. The van der Waals surface area contributed by atoms with Gasteiger partial charge in [0.1, 0.15) is 0 Å². The molecule has 1 aliphatic rings. The highest BCUT2D eigenvalue weighted by atomic mass is 16.4. The third kappa shape index (κ3) is 1.82. The molecule has 2 aromatic rings. The number of carbonyl (C=O) groups is 1. The molecule has 0 aliphatic heterocycles. The number of rotatable bonds is 3. The van der Waals surface area contributed by atoms with Crippen LogP contribution in [0.25, 0.3) is 11.3 Å². The lowest BCUT2D eigenvalue weighted by atomic mass is 10.2. The molecule has 1 saturated carbocycles. The van der Waals surface area contributed by atoms with Crippen LogP contribution < -0.4 is 0 Å². The van der Waals surface area contributed by atoms with Gasteiger partial charge in [-0.15, -0.1) is 0 Å². The molecule has 0 amide bonds. The van der Waals surface area contributed by atoms with Crippen LogP contribution in [0.4, 0.5) is 0 Å². The van der Waals surface area contributed by atoms with Gasteiger partial charge in [0.25, 0.3) is 0 Å². The molecular weight excluding hydrogens is 216 g/mol. The summed E-state index contributed by atoms with van der Waals surface area (Å²) in [6.45, 7) is 0. The van der Waals surface area contributed by atoms with Crippen molar-refractivity contribution in [2.45, 2.75) is 18.9 Å². The van der Waals surface area contributed by atoms with Crippen LogP contribution in [-0.2, 0) is 0 Å². The topological polar surface area (TPSA) is 55.1 Å². The summed E-state index contributed by atoms with van der Waals surface area (Å²) in [6, 6.07) is 9.97. The van der Waals surface area contributed by atoms with E-state index in [1.807, 2.05) is 36.5 Å². The minimum Gasteiger partial charge on any atom is -0.475 e. The maximum atomic E-state index is 11.1. The molecule has 1 N–H and O–H groups in total. The molecule has 3 rings (SSSR count). The molecular formula is C13H12N2O2. The van der Waals surface area contributed by atoms with Crippen LogP contribution in [0.3, 0.4) is 0 Å². The lowest BCUT2D eigenvalue weighted by Gasteiger charge is -1.99. The number of carboxylic acid groups (broad SMARTS) is 1. The zero-order valence-corrected chi connectivity index (χ0v) is 9.21. The van der Waals surface area contributed by atoms with E-state index in [2.05, 4.69) is 4.98 Å². The van der Waals surface area contributed by atoms with Gasteiger partial charge in [-0.2, -0.15) is 0 Å². The molecule has 17 heavy (non-hydrogen) atoms. The molecule has 0 unspecified atom stereocenters. The average Bonchev–Trinajstić information content (AvgIpc) is 3.09. The number of carboxylic acids is 1. The van der Waals surface area contributed by atoms with Crippen molar-refractivity contribution in [3.63, 3.8) is 0 Å². The number of benzene rings is 1. The van der Waals surface area contributed by atoms with Gasteiger partial charge in [0.2, 0.25) is 5.82 Å². The van der Waals surface area contributed by atoms with Crippen LogP contribution in [-0.4, -0.2) is 20.6 Å². The minimum absolute atomic E-state index is 0.145. The Balaban J connectivity index is 2.07. The van der Waals surface area contributed by atoms with Crippen molar-refractivity contribution in [3.8, 4) is 11.3 Å². The summed E-state index contributed by atoms with van der Waals surface area (Å²) in [4.78, 5) is 15.3. The number of aromatic nitrogens is 2. The number of imidazole rings is 1. The maximum absolute atomic E-state index is 11.1. The van der Waals surface area contributed by atoms with Crippen LogP contribution in [0.1, 0.15) is 29.5 Å². The van der Waals surface area contributed by atoms with Gasteiger partial charge in [-0.1, -0.05) is 30.3 Å². The molecule has 0 radical (unpaired) electrons. The Kier molecular flexibility index (Phi) is 2.21. The molecule has 1 heterocycles. The SMILES string of the molecule is O=C(O)c1nc(-c2ccccc2)cn1C1CC1. The van der Waals surface area contributed by atoms with E-state index in [1.165, 1.54) is 0 Å². The Morgan fingerprint density at radius 3 is 2.59 bits per heavy atom. The molecule has 1 fully saturated rings. The van der Waals surface area contributed by atoms with Gasteiger partial charge in [0.15, 0.2) is 0 Å². The van der Waals surface area contributed by atoms with Crippen molar-refractivity contribution in [1.82, 2.24) is 9.55 Å².